The molecule has 1 aromatic rings. The summed E-state index contributed by atoms with van der Waals surface area (Å²) >= 11 is 0. The molecule has 0 fully saturated rings. The van der Waals surface area contributed by atoms with E-state index in [9.17, 15) is 13.6 Å². The molecule has 5 heteroatoms. The molecule has 17 heavy (non-hydrogen) atoms. The molecule has 0 aliphatic heterocycles. The van der Waals surface area contributed by atoms with Crippen LogP contribution < -0.4 is 11.3 Å². The standard InChI is InChI=1S/C12H14F2N2O/c1-8-6-9(15)7-16(11(8)17)10-2-4-12(13,14)5-3-10/h2,6-7H,3-5,15H2,1H3. The molecule has 1 aromatic heterocycles. The van der Waals surface area contributed by atoms with Gasteiger partial charge >= 0.3 is 0 Å². The van der Waals surface area contributed by atoms with Crippen LogP contribution in [-0.4, -0.2) is 10.5 Å². The highest BCUT2D eigenvalue weighted by atomic mass is 19.3. The van der Waals surface area contributed by atoms with Crippen molar-refractivity contribution in [3.63, 3.8) is 0 Å². The summed E-state index contributed by atoms with van der Waals surface area (Å²) in [5.41, 5.74) is 7.04. The van der Waals surface area contributed by atoms with E-state index in [0.717, 1.165) is 0 Å². The summed E-state index contributed by atoms with van der Waals surface area (Å²) in [7, 11) is 0. The van der Waals surface area contributed by atoms with Crippen LogP contribution in [0.3, 0.4) is 0 Å². The number of halogens is 2. The lowest BCUT2D eigenvalue weighted by molar-refractivity contribution is -0.00661. The zero-order valence-electron chi connectivity index (χ0n) is 9.54. The van der Waals surface area contributed by atoms with Crippen molar-refractivity contribution in [2.75, 3.05) is 5.73 Å². The number of nitrogens with zero attached hydrogens (tertiary/aromatic N) is 1. The first-order valence-corrected chi connectivity index (χ1v) is 5.45. The zero-order valence-corrected chi connectivity index (χ0v) is 9.54. The number of alkyl halides is 2. The van der Waals surface area contributed by atoms with Crippen LogP contribution in [0.5, 0.6) is 0 Å². The quantitative estimate of drug-likeness (QED) is 0.819. The summed E-state index contributed by atoms with van der Waals surface area (Å²) in [6.45, 7) is 1.66. The Balaban J connectivity index is 2.43. The van der Waals surface area contributed by atoms with Gasteiger partial charge in [0.15, 0.2) is 0 Å². The van der Waals surface area contributed by atoms with Crippen LogP contribution in [0.15, 0.2) is 23.1 Å². The van der Waals surface area contributed by atoms with E-state index in [2.05, 4.69) is 0 Å². The third-order valence-corrected chi connectivity index (χ3v) is 2.91. The Bertz CT molecular complexity index is 532. The topological polar surface area (TPSA) is 48.0 Å². The third kappa shape index (κ3) is 2.38. The van der Waals surface area contributed by atoms with Gasteiger partial charge in [0.05, 0.1) is 0 Å². The smallest absolute Gasteiger partial charge is 0.257 e. The van der Waals surface area contributed by atoms with Crippen molar-refractivity contribution in [2.45, 2.75) is 32.1 Å². The number of pyridine rings is 1. The monoisotopic (exact) mass is 240 g/mol. The van der Waals surface area contributed by atoms with Crippen molar-refractivity contribution in [3.8, 4) is 0 Å². The second-order valence-corrected chi connectivity index (χ2v) is 4.39. The molecule has 0 spiro atoms. The van der Waals surface area contributed by atoms with Crippen LogP contribution in [0.1, 0.15) is 24.8 Å². The molecule has 3 nitrogen and oxygen atoms in total. The van der Waals surface area contributed by atoms with E-state index in [1.807, 2.05) is 0 Å². The number of hydrogen-bond donors (Lipinski definition) is 1. The maximum Gasteiger partial charge on any atom is 0.257 e. The summed E-state index contributed by atoms with van der Waals surface area (Å²) in [6.07, 6.45) is 2.56. The number of aromatic nitrogens is 1. The highest BCUT2D eigenvalue weighted by Crippen LogP contribution is 2.33. The first-order chi connectivity index (χ1) is 7.89. The Labute approximate surface area is 97.6 Å². The Kier molecular flexibility index (Phi) is 2.77. The number of rotatable bonds is 1. The molecule has 0 saturated carbocycles. The van der Waals surface area contributed by atoms with Gasteiger partial charge in [-0.2, -0.15) is 0 Å². The third-order valence-electron chi connectivity index (χ3n) is 2.91. The second kappa shape index (κ2) is 3.98. The molecule has 2 N–H and O–H groups in total. The Morgan fingerprint density at radius 1 is 1.47 bits per heavy atom. The summed E-state index contributed by atoms with van der Waals surface area (Å²) in [4.78, 5) is 11.9. The van der Waals surface area contributed by atoms with Crippen molar-refractivity contribution < 1.29 is 8.78 Å². The van der Waals surface area contributed by atoms with Crippen molar-refractivity contribution in [3.05, 3.63) is 34.3 Å². The van der Waals surface area contributed by atoms with Crippen LogP contribution in [0, 0.1) is 6.92 Å². The maximum atomic E-state index is 13.0. The lowest BCUT2D eigenvalue weighted by atomic mass is 10.0. The molecule has 92 valence electrons. The first kappa shape index (κ1) is 11.8. The van der Waals surface area contributed by atoms with Crippen LogP contribution in [0.2, 0.25) is 0 Å². The highest BCUT2D eigenvalue weighted by Gasteiger charge is 2.31. The Morgan fingerprint density at radius 3 is 2.76 bits per heavy atom. The largest absolute Gasteiger partial charge is 0.398 e. The van der Waals surface area contributed by atoms with Gasteiger partial charge in [-0.15, -0.1) is 0 Å². The fourth-order valence-corrected chi connectivity index (χ4v) is 1.96. The number of nitrogen functional groups attached to an aromatic ring is 1. The summed E-state index contributed by atoms with van der Waals surface area (Å²) in [6, 6.07) is 1.58. The van der Waals surface area contributed by atoms with E-state index in [1.54, 1.807) is 13.0 Å². The Hall–Kier alpha value is -1.65. The lowest BCUT2D eigenvalue weighted by Gasteiger charge is -2.22. The first-order valence-electron chi connectivity index (χ1n) is 5.45. The molecule has 0 bridgehead atoms. The minimum absolute atomic E-state index is 0.190. The van der Waals surface area contributed by atoms with E-state index in [4.69, 9.17) is 5.73 Å². The average molecular weight is 240 g/mol. The van der Waals surface area contributed by atoms with Crippen molar-refractivity contribution in [2.24, 2.45) is 0 Å². The predicted octanol–water partition coefficient (Wildman–Crippen LogP) is 2.40. The molecule has 1 heterocycles. The van der Waals surface area contributed by atoms with Crippen LogP contribution >= 0.6 is 0 Å². The highest BCUT2D eigenvalue weighted by molar-refractivity contribution is 5.51. The molecular formula is C12H14F2N2O. The maximum absolute atomic E-state index is 13.0. The van der Waals surface area contributed by atoms with Crippen molar-refractivity contribution in [1.82, 2.24) is 4.57 Å². The van der Waals surface area contributed by atoms with Gasteiger partial charge in [-0.05, 0) is 19.4 Å². The van der Waals surface area contributed by atoms with Gasteiger partial charge < -0.3 is 5.73 Å². The van der Waals surface area contributed by atoms with Crippen molar-refractivity contribution in [1.29, 1.82) is 0 Å². The Morgan fingerprint density at radius 2 is 2.18 bits per heavy atom. The van der Waals surface area contributed by atoms with E-state index in [1.165, 1.54) is 16.8 Å². The molecule has 0 atom stereocenters. The van der Waals surface area contributed by atoms with Crippen LogP contribution in [-0.2, 0) is 0 Å². The molecule has 1 aliphatic carbocycles. The van der Waals surface area contributed by atoms with E-state index in [0.29, 0.717) is 16.9 Å². The lowest BCUT2D eigenvalue weighted by Crippen LogP contribution is -2.26. The zero-order chi connectivity index (χ0) is 12.6. The van der Waals surface area contributed by atoms with Crippen LogP contribution in [0.25, 0.3) is 5.70 Å². The molecule has 0 unspecified atom stereocenters. The number of nitrogens with two attached hydrogens (primary N) is 1. The number of aryl methyl sites for hydroxylation is 1. The van der Waals surface area contributed by atoms with E-state index >= 15 is 0 Å². The van der Waals surface area contributed by atoms with E-state index < -0.39 is 5.92 Å². The van der Waals surface area contributed by atoms with Gasteiger partial charge in [0, 0.05) is 36.0 Å². The van der Waals surface area contributed by atoms with Gasteiger partial charge in [0.2, 0.25) is 0 Å². The summed E-state index contributed by atoms with van der Waals surface area (Å²) in [5, 5.41) is 0. The molecule has 0 aromatic carbocycles. The fourth-order valence-electron chi connectivity index (χ4n) is 1.96. The summed E-state index contributed by atoms with van der Waals surface area (Å²) < 4.78 is 27.4. The van der Waals surface area contributed by atoms with Gasteiger partial charge in [0.1, 0.15) is 0 Å². The molecule has 2 rings (SSSR count). The SMILES string of the molecule is Cc1cc(N)cn(C2=CCC(F)(F)CC2)c1=O. The minimum atomic E-state index is -2.65. The minimum Gasteiger partial charge on any atom is -0.398 e. The van der Waals surface area contributed by atoms with Gasteiger partial charge in [0.25, 0.3) is 11.5 Å². The van der Waals surface area contributed by atoms with Gasteiger partial charge in [-0.1, -0.05) is 6.08 Å². The average Bonchev–Trinajstić information content (AvgIpc) is 2.24. The second-order valence-electron chi connectivity index (χ2n) is 4.39. The fraction of sp³-hybridized carbons (Fsp3) is 0.417. The van der Waals surface area contributed by atoms with Gasteiger partial charge in [-0.3, -0.25) is 9.36 Å². The van der Waals surface area contributed by atoms with E-state index in [-0.39, 0.29) is 24.8 Å². The predicted molar refractivity (Wildman–Crippen MR) is 62.9 cm³/mol. The number of allylic oxidation sites excluding steroid dienone is 2. The van der Waals surface area contributed by atoms with Crippen molar-refractivity contribution >= 4 is 11.4 Å². The molecule has 1 aliphatic rings. The molecule has 0 saturated heterocycles. The summed E-state index contributed by atoms with van der Waals surface area (Å²) in [5.74, 6) is -2.65. The van der Waals surface area contributed by atoms with Crippen LogP contribution in [0.4, 0.5) is 14.5 Å². The number of anilines is 1. The molecular weight excluding hydrogens is 226 g/mol. The molecule has 0 radical (unpaired) electrons. The number of hydrogen-bond acceptors (Lipinski definition) is 2. The van der Waals surface area contributed by atoms with Gasteiger partial charge in [-0.25, -0.2) is 8.78 Å². The normalized spacial score (nSPS) is 18.9. The molecule has 0 amide bonds.